The number of nitrogens with zero attached hydrogens (tertiary/aromatic N) is 2. The van der Waals surface area contributed by atoms with Crippen molar-refractivity contribution < 1.29 is 19.5 Å². The molecule has 0 aliphatic carbocycles. The van der Waals surface area contributed by atoms with E-state index >= 15 is 0 Å². The smallest absolute Gasteiger partial charge is 0.408 e. The highest BCUT2D eigenvalue weighted by Crippen LogP contribution is 2.40. The van der Waals surface area contributed by atoms with Crippen molar-refractivity contribution in [1.29, 1.82) is 0 Å². The van der Waals surface area contributed by atoms with Crippen LogP contribution in [-0.4, -0.2) is 61.6 Å². The summed E-state index contributed by atoms with van der Waals surface area (Å²) >= 11 is 1.48. The van der Waals surface area contributed by atoms with Crippen molar-refractivity contribution in [2.45, 2.75) is 50.2 Å². The second-order valence-electron chi connectivity index (χ2n) is 6.03. The van der Waals surface area contributed by atoms with Gasteiger partial charge in [0.15, 0.2) is 0 Å². The molecule has 2 fully saturated rings. The molecule has 0 aromatic rings. The summed E-state index contributed by atoms with van der Waals surface area (Å²) in [5.41, 5.74) is 4.63. The van der Waals surface area contributed by atoms with E-state index in [4.69, 9.17) is 5.73 Å². The molecule has 2 rings (SSSR count). The Labute approximate surface area is 121 Å². The van der Waals surface area contributed by atoms with Gasteiger partial charge >= 0.3 is 6.09 Å². The number of amides is 3. The molecule has 0 unspecified atom stereocenters. The highest BCUT2D eigenvalue weighted by Gasteiger charge is 2.53. The molecule has 7 nitrogen and oxygen atoms in total. The minimum Gasteiger partial charge on any atom is -0.465 e. The molecule has 0 aromatic carbocycles. The summed E-state index contributed by atoms with van der Waals surface area (Å²) in [4.78, 5) is 38.0. The number of carboxylic acid groups (broad SMARTS) is 1. The molecule has 2 aliphatic heterocycles. The fraction of sp³-hybridized carbons (Fsp3) is 0.750. The molecule has 112 valence electrons. The largest absolute Gasteiger partial charge is 0.465 e. The molecule has 0 bridgehead atoms. The molecule has 0 saturated carbocycles. The molecule has 2 heterocycles. The standard InChI is InChI=1S/C12H19N3O4S/c1-12(2,3)15(11(18)19)6-4-8-14(10(6)17)7(5-20-8)9(13)16/h6-8H,4-5H2,1-3H3,(H2,13,16)(H,18,19)/t6-,7+,8-/m1/s1. The fourth-order valence-electron chi connectivity index (χ4n) is 2.83. The van der Waals surface area contributed by atoms with Crippen LogP contribution in [-0.2, 0) is 9.59 Å². The Balaban J connectivity index is 2.27. The van der Waals surface area contributed by atoms with Gasteiger partial charge in [-0.1, -0.05) is 0 Å². The number of carbonyl (C=O) groups excluding carboxylic acids is 2. The van der Waals surface area contributed by atoms with E-state index in [-0.39, 0.29) is 11.3 Å². The Morgan fingerprint density at radius 3 is 2.50 bits per heavy atom. The second-order valence-corrected chi connectivity index (χ2v) is 7.24. The number of nitrogens with two attached hydrogens (primary N) is 1. The van der Waals surface area contributed by atoms with E-state index in [0.29, 0.717) is 12.2 Å². The third kappa shape index (κ3) is 2.32. The van der Waals surface area contributed by atoms with Gasteiger partial charge < -0.3 is 15.7 Å². The first-order chi connectivity index (χ1) is 9.14. The first-order valence-corrected chi connectivity index (χ1v) is 7.45. The van der Waals surface area contributed by atoms with E-state index in [0.717, 1.165) is 0 Å². The third-order valence-corrected chi connectivity index (χ3v) is 4.94. The van der Waals surface area contributed by atoms with Gasteiger partial charge in [0, 0.05) is 17.7 Å². The zero-order valence-electron chi connectivity index (χ0n) is 11.7. The van der Waals surface area contributed by atoms with Crippen LogP contribution in [0.25, 0.3) is 0 Å². The van der Waals surface area contributed by atoms with Crippen LogP contribution in [0.1, 0.15) is 27.2 Å². The lowest BCUT2D eigenvalue weighted by atomic mass is 10.0. The molecule has 0 radical (unpaired) electrons. The summed E-state index contributed by atoms with van der Waals surface area (Å²) in [6, 6.07) is -1.37. The van der Waals surface area contributed by atoms with Crippen LogP contribution in [0.4, 0.5) is 4.79 Å². The molecule has 2 saturated heterocycles. The van der Waals surface area contributed by atoms with Crippen molar-refractivity contribution in [1.82, 2.24) is 9.80 Å². The van der Waals surface area contributed by atoms with Crippen LogP contribution in [0.3, 0.4) is 0 Å². The molecule has 3 amide bonds. The molecule has 3 N–H and O–H groups in total. The van der Waals surface area contributed by atoms with Gasteiger partial charge in [0.05, 0.1) is 5.37 Å². The minimum atomic E-state index is -1.13. The summed E-state index contributed by atoms with van der Waals surface area (Å²) in [5, 5.41) is 9.22. The van der Waals surface area contributed by atoms with E-state index in [2.05, 4.69) is 0 Å². The van der Waals surface area contributed by atoms with Gasteiger partial charge in [-0.2, -0.15) is 0 Å². The van der Waals surface area contributed by atoms with Crippen LogP contribution < -0.4 is 5.73 Å². The number of carbonyl (C=O) groups is 3. The first-order valence-electron chi connectivity index (χ1n) is 6.40. The molecule has 8 heteroatoms. The predicted molar refractivity (Wildman–Crippen MR) is 74.1 cm³/mol. The van der Waals surface area contributed by atoms with Crippen LogP contribution in [0.5, 0.6) is 0 Å². The van der Waals surface area contributed by atoms with E-state index in [1.165, 1.54) is 21.6 Å². The van der Waals surface area contributed by atoms with Gasteiger partial charge in [0.25, 0.3) is 0 Å². The highest BCUT2D eigenvalue weighted by atomic mass is 32.2. The monoisotopic (exact) mass is 301 g/mol. The van der Waals surface area contributed by atoms with Crippen LogP contribution in [0.2, 0.25) is 0 Å². The lowest BCUT2D eigenvalue weighted by Crippen LogP contribution is -2.55. The Hall–Kier alpha value is -1.44. The zero-order chi connectivity index (χ0) is 15.2. The Bertz CT molecular complexity index is 462. The van der Waals surface area contributed by atoms with Gasteiger partial charge in [-0.05, 0) is 20.8 Å². The van der Waals surface area contributed by atoms with Crippen LogP contribution in [0.15, 0.2) is 0 Å². The highest BCUT2D eigenvalue weighted by molar-refractivity contribution is 8.00. The number of hydrogen-bond donors (Lipinski definition) is 2. The summed E-state index contributed by atoms with van der Waals surface area (Å²) in [6.45, 7) is 5.24. The van der Waals surface area contributed by atoms with Gasteiger partial charge in [-0.25, -0.2) is 4.79 Å². The molecule has 0 aromatic heterocycles. The van der Waals surface area contributed by atoms with Crippen molar-refractivity contribution in [2.75, 3.05) is 5.75 Å². The molecule has 2 aliphatic rings. The Morgan fingerprint density at radius 2 is 2.05 bits per heavy atom. The lowest BCUT2D eigenvalue weighted by molar-refractivity contribution is -0.138. The van der Waals surface area contributed by atoms with E-state index in [9.17, 15) is 19.5 Å². The number of rotatable bonds is 2. The van der Waals surface area contributed by atoms with Crippen molar-refractivity contribution in [2.24, 2.45) is 5.73 Å². The maximum absolute atomic E-state index is 12.5. The normalized spacial score (nSPS) is 29.4. The molecular weight excluding hydrogens is 282 g/mol. The summed E-state index contributed by atoms with van der Waals surface area (Å²) in [6.07, 6.45) is -0.728. The van der Waals surface area contributed by atoms with Crippen molar-refractivity contribution in [3.8, 4) is 0 Å². The van der Waals surface area contributed by atoms with Gasteiger partial charge in [-0.3, -0.25) is 14.5 Å². The first kappa shape index (κ1) is 15.0. The van der Waals surface area contributed by atoms with E-state index in [1.54, 1.807) is 20.8 Å². The van der Waals surface area contributed by atoms with Gasteiger partial charge in [-0.15, -0.1) is 11.8 Å². The number of thioether (sulfide) groups is 1. The van der Waals surface area contributed by atoms with E-state index < -0.39 is 29.6 Å². The number of primary amides is 1. The van der Waals surface area contributed by atoms with E-state index in [1.807, 2.05) is 0 Å². The van der Waals surface area contributed by atoms with Crippen LogP contribution >= 0.6 is 11.8 Å². The Kier molecular flexibility index (Phi) is 3.62. The summed E-state index contributed by atoms with van der Waals surface area (Å²) < 4.78 is 0. The molecule has 3 atom stereocenters. The Morgan fingerprint density at radius 1 is 1.45 bits per heavy atom. The maximum atomic E-state index is 12.5. The lowest BCUT2D eigenvalue weighted by Gasteiger charge is -2.37. The SMILES string of the molecule is CC(C)(C)N(C(=O)O)[C@@H]1C[C@H]2SC[C@@H](C(N)=O)N2C1=O. The van der Waals surface area contributed by atoms with Crippen molar-refractivity contribution in [3.63, 3.8) is 0 Å². The number of fused-ring (bicyclic) bond motifs is 1. The number of hydrogen-bond acceptors (Lipinski definition) is 4. The fourth-order valence-corrected chi connectivity index (χ4v) is 4.29. The minimum absolute atomic E-state index is 0.158. The van der Waals surface area contributed by atoms with Crippen LogP contribution in [0, 0.1) is 0 Å². The van der Waals surface area contributed by atoms with Crippen molar-refractivity contribution >= 4 is 29.7 Å². The molecule has 20 heavy (non-hydrogen) atoms. The molecular formula is C12H19N3O4S. The average molecular weight is 301 g/mol. The topological polar surface area (TPSA) is 104 Å². The molecule has 0 spiro atoms. The zero-order valence-corrected chi connectivity index (χ0v) is 12.5. The summed E-state index contributed by atoms with van der Waals surface area (Å²) in [5.74, 6) is -0.367. The van der Waals surface area contributed by atoms with Crippen molar-refractivity contribution in [3.05, 3.63) is 0 Å². The average Bonchev–Trinajstić information content (AvgIpc) is 2.79. The third-order valence-electron chi connectivity index (χ3n) is 3.63. The quantitative estimate of drug-likeness (QED) is 0.763. The summed E-state index contributed by atoms with van der Waals surface area (Å²) in [7, 11) is 0. The van der Waals surface area contributed by atoms with Gasteiger partial charge in [0.1, 0.15) is 12.1 Å². The second kappa shape index (κ2) is 4.83. The predicted octanol–water partition coefficient (Wildman–Crippen LogP) is 0.293. The van der Waals surface area contributed by atoms with Gasteiger partial charge in [0.2, 0.25) is 11.8 Å². The maximum Gasteiger partial charge on any atom is 0.408 e.